The van der Waals surface area contributed by atoms with Crippen LogP contribution in [0.1, 0.15) is 66.1 Å². The molecule has 8 heteroatoms. The van der Waals surface area contributed by atoms with Crippen LogP contribution in [0.3, 0.4) is 0 Å². The van der Waals surface area contributed by atoms with Crippen molar-refractivity contribution in [1.82, 2.24) is 4.90 Å². The standard InChI is InChI=1S/C26H32F3N3OS/c1-2-10-32-11-7-20(8-12-32)31-22-15-19(26(27,28)29)16-25-21(22)13-18-6-5-17(14-24(18)34-25)23(33)4-3-9-30/h5-6,14-16,20,31H,2-4,7-13,30H2,1H3. The lowest BCUT2D eigenvalue weighted by molar-refractivity contribution is -0.137. The first-order valence-corrected chi connectivity index (χ1v) is 12.9. The van der Waals surface area contributed by atoms with Crippen LogP contribution in [-0.2, 0) is 12.6 Å². The average molecular weight is 492 g/mol. The number of Topliss-reactive ketones (excluding diaryl/α,β-unsaturated/α-hetero) is 1. The van der Waals surface area contributed by atoms with Crippen LogP contribution in [0, 0.1) is 0 Å². The van der Waals surface area contributed by atoms with E-state index in [4.69, 9.17) is 5.73 Å². The molecule has 2 aromatic carbocycles. The first-order valence-electron chi connectivity index (χ1n) is 12.1. The third-order valence-corrected chi connectivity index (χ3v) is 7.79. The Morgan fingerprint density at radius 1 is 1.18 bits per heavy atom. The Hall–Kier alpha value is -2.03. The molecule has 2 heterocycles. The largest absolute Gasteiger partial charge is 0.416 e. The average Bonchev–Trinajstić information content (AvgIpc) is 2.81. The molecule has 0 aromatic heterocycles. The van der Waals surface area contributed by atoms with Gasteiger partial charge in [0.1, 0.15) is 0 Å². The molecule has 2 aromatic rings. The lowest BCUT2D eigenvalue weighted by Crippen LogP contribution is -2.39. The van der Waals surface area contributed by atoms with Gasteiger partial charge in [-0.05, 0) is 68.1 Å². The van der Waals surface area contributed by atoms with E-state index >= 15 is 0 Å². The molecule has 0 spiro atoms. The van der Waals surface area contributed by atoms with Crippen LogP contribution >= 0.6 is 11.8 Å². The van der Waals surface area contributed by atoms with E-state index in [1.54, 1.807) is 0 Å². The third-order valence-electron chi connectivity index (χ3n) is 6.61. The normalized spacial score (nSPS) is 16.7. The minimum Gasteiger partial charge on any atom is -0.382 e. The second kappa shape index (κ2) is 10.7. The van der Waals surface area contributed by atoms with Gasteiger partial charge < -0.3 is 16.0 Å². The monoisotopic (exact) mass is 491 g/mol. The minimum atomic E-state index is -4.42. The molecule has 0 aliphatic carbocycles. The molecule has 0 unspecified atom stereocenters. The maximum Gasteiger partial charge on any atom is 0.416 e. The molecule has 34 heavy (non-hydrogen) atoms. The van der Waals surface area contributed by atoms with Crippen LogP contribution in [0.15, 0.2) is 40.1 Å². The lowest BCUT2D eigenvalue weighted by Gasteiger charge is -2.34. The van der Waals surface area contributed by atoms with Crippen molar-refractivity contribution in [1.29, 1.82) is 0 Å². The molecule has 2 aliphatic rings. The maximum absolute atomic E-state index is 13.7. The Kier molecular flexibility index (Phi) is 7.90. The van der Waals surface area contributed by atoms with Crippen molar-refractivity contribution in [2.45, 2.75) is 67.5 Å². The first kappa shape index (κ1) is 25.1. The van der Waals surface area contributed by atoms with Crippen molar-refractivity contribution in [3.05, 3.63) is 52.6 Å². The summed E-state index contributed by atoms with van der Waals surface area (Å²) in [7, 11) is 0. The number of carbonyl (C=O) groups is 1. The molecule has 4 rings (SSSR count). The zero-order valence-electron chi connectivity index (χ0n) is 19.5. The van der Waals surface area contributed by atoms with Crippen LogP contribution in [-0.4, -0.2) is 42.9 Å². The minimum absolute atomic E-state index is 0.0143. The molecule has 4 nitrogen and oxygen atoms in total. The number of alkyl halides is 3. The fourth-order valence-corrected chi connectivity index (χ4v) is 5.92. The molecule has 1 fully saturated rings. The molecule has 3 N–H and O–H groups in total. The van der Waals surface area contributed by atoms with Crippen molar-refractivity contribution >= 4 is 23.2 Å². The number of likely N-dealkylation sites (tertiary alicyclic amines) is 1. The van der Waals surface area contributed by atoms with Gasteiger partial charge in [0.2, 0.25) is 0 Å². The molecule has 184 valence electrons. The molecular formula is C26H32F3N3OS. The highest BCUT2D eigenvalue weighted by Crippen LogP contribution is 2.46. The number of benzene rings is 2. The highest BCUT2D eigenvalue weighted by molar-refractivity contribution is 7.99. The molecule has 0 atom stereocenters. The summed E-state index contributed by atoms with van der Waals surface area (Å²) < 4.78 is 41.2. The smallest absolute Gasteiger partial charge is 0.382 e. The molecule has 0 amide bonds. The van der Waals surface area contributed by atoms with Gasteiger partial charge in [-0.25, -0.2) is 0 Å². The van der Waals surface area contributed by atoms with E-state index in [1.807, 2.05) is 18.2 Å². The number of fused-ring (bicyclic) bond motifs is 2. The Labute approximate surface area is 203 Å². The van der Waals surface area contributed by atoms with E-state index in [2.05, 4.69) is 17.1 Å². The fourth-order valence-electron chi connectivity index (χ4n) is 4.73. The Bertz CT molecular complexity index is 1030. The quantitative estimate of drug-likeness (QED) is 0.380. The summed E-state index contributed by atoms with van der Waals surface area (Å²) in [5, 5.41) is 3.46. The van der Waals surface area contributed by atoms with E-state index in [0.717, 1.165) is 54.9 Å². The number of halogens is 3. The number of nitrogens with one attached hydrogen (secondary N) is 1. The van der Waals surface area contributed by atoms with E-state index in [1.165, 1.54) is 23.9 Å². The highest BCUT2D eigenvalue weighted by Gasteiger charge is 2.34. The van der Waals surface area contributed by atoms with Gasteiger partial charge in [-0.1, -0.05) is 30.8 Å². The van der Waals surface area contributed by atoms with Crippen molar-refractivity contribution in [2.75, 3.05) is 31.5 Å². The second-order valence-electron chi connectivity index (χ2n) is 9.18. The third kappa shape index (κ3) is 5.78. The molecule has 0 radical (unpaired) electrons. The number of hydrogen-bond donors (Lipinski definition) is 2. The van der Waals surface area contributed by atoms with E-state index in [0.29, 0.717) is 42.0 Å². The topological polar surface area (TPSA) is 58.4 Å². The van der Waals surface area contributed by atoms with Crippen molar-refractivity contribution in [2.24, 2.45) is 5.73 Å². The Balaban J connectivity index is 1.60. The fraction of sp³-hybridized carbons (Fsp3) is 0.500. The summed E-state index contributed by atoms with van der Waals surface area (Å²) in [6.07, 6.45) is 0.0658. The summed E-state index contributed by atoms with van der Waals surface area (Å²) in [6, 6.07) is 8.26. The number of piperidine rings is 1. The van der Waals surface area contributed by atoms with Gasteiger partial charge in [0.05, 0.1) is 5.56 Å². The number of anilines is 1. The van der Waals surface area contributed by atoms with Gasteiger partial charge >= 0.3 is 6.18 Å². The number of nitrogens with zero attached hydrogens (tertiary/aromatic N) is 1. The lowest BCUT2D eigenvalue weighted by atomic mass is 9.96. The van der Waals surface area contributed by atoms with Gasteiger partial charge in [0.15, 0.2) is 5.78 Å². The van der Waals surface area contributed by atoms with E-state index in [9.17, 15) is 18.0 Å². The Morgan fingerprint density at radius 2 is 1.94 bits per heavy atom. The van der Waals surface area contributed by atoms with Crippen LogP contribution < -0.4 is 11.1 Å². The Morgan fingerprint density at radius 3 is 2.62 bits per heavy atom. The number of ketones is 1. The summed E-state index contributed by atoms with van der Waals surface area (Å²) in [5.74, 6) is 0.0143. The van der Waals surface area contributed by atoms with Crippen molar-refractivity contribution in [3.8, 4) is 0 Å². The summed E-state index contributed by atoms with van der Waals surface area (Å²) in [5.41, 5.74) is 7.99. The van der Waals surface area contributed by atoms with Crippen LogP contribution in [0.25, 0.3) is 0 Å². The van der Waals surface area contributed by atoms with Gasteiger partial charge in [-0.3, -0.25) is 4.79 Å². The highest BCUT2D eigenvalue weighted by atomic mass is 32.2. The van der Waals surface area contributed by atoms with Gasteiger partial charge in [0, 0.05) is 53.0 Å². The van der Waals surface area contributed by atoms with Crippen LogP contribution in [0.2, 0.25) is 0 Å². The van der Waals surface area contributed by atoms with Crippen molar-refractivity contribution < 1.29 is 18.0 Å². The van der Waals surface area contributed by atoms with Gasteiger partial charge in [0.25, 0.3) is 0 Å². The predicted molar refractivity (Wildman–Crippen MR) is 131 cm³/mol. The molecule has 0 saturated carbocycles. The predicted octanol–water partition coefficient (Wildman–Crippen LogP) is 5.97. The molecule has 0 bridgehead atoms. The van der Waals surface area contributed by atoms with Crippen molar-refractivity contribution in [3.63, 3.8) is 0 Å². The first-order chi connectivity index (χ1) is 16.3. The van der Waals surface area contributed by atoms with Crippen LogP contribution in [0.4, 0.5) is 18.9 Å². The second-order valence-corrected chi connectivity index (χ2v) is 10.3. The number of nitrogens with two attached hydrogens (primary N) is 1. The zero-order chi connectivity index (χ0) is 24.3. The molecule has 2 aliphatic heterocycles. The SMILES string of the molecule is CCCN1CCC(Nc2cc(C(F)(F)F)cc3c2Cc2ccc(C(=O)CCCN)cc2S3)CC1. The number of rotatable bonds is 8. The van der Waals surface area contributed by atoms with E-state index in [-0.39, 0.29) is 11.8 Å². The summed E-state index contributed by atoms with van der Waals surface area (Å²) in [4.78, 5) is 16.3. The molecule has 1 saturated heterocycles. The van der Waals surface area contributed by atoms with Gasteiger partial charge in [-0.2, -0.15) is 13.2 Å². The summed E-state index contributed by atoms with van der Waals surface area (Å²) >= 11 is 1.33. The van der Waals surface area contributed by atoms with E-state index < -0.39 is 11.7 Å². The number of hydrogen-bond acceptors (Lipinski definition) is 5. The van der Waals surface area contributed by atoms with Crippen LogP contribution in [0.5, 0.6) is 0 Å². The zero-order valence-corrected chi connectivity index (χ0v) is 20.3. The van der Waals surface area contributed by atoms with Gasteiger partial charge in [-0.15, -0.1) is 0 Å². The maximum atomic E-state index is 13.7. The summed E-state index contributed by atoms with van der Waals surface area (Å²) in [6.45, 7) is 5.60. The molecular weight excluding hydrogens is 459 g/mol. The number of carbonyl (C=O) groups excluding carboxylic acids is 1.